The molecule has 0 spiro atoms. The Morgan fingerprint density at radius 1 is 1.69 bits per heavy atom. The van der Waals surface area contributed by atoms with Crippen LogP contribution in [-0.2, 0) is 6.54 Å². The van der Waals surface area contributed by atoms with E-state index in [1.165, 1.54) is 0 Å². The van der Waals surface area contributed by atoms with Crippen molar-refractivity contribution in [2.24, 2.45) is 5.92 Å². The Morgan fingerprint density at radius 3 is 3.19 bits per heavy atom. The number of nitrogens with zero attached hydrogens (tertiary/aromatic N) is 2. The molecule has 1 aromatic heterocycles. The van der Waals surface area contributed by atoms with Crippen molar-refractivity contribution in [3.05, 3.63) is 11.8 Å². The highest BCUT2D eigenvalue weighted by Gasteiger charge is 2.17. The van der Waals surface area contributed by atoms with Crippen LogP contribution in [0.2, 0.25) is 0 Å². The molecule has 2 heterocycles. The predicted octanol–water partition coefficient (Wildman–Crippen LogP) is 1.05. The van der Waals surface area contributed by atoms with E-state index < -0.39 is 0 Å². The summed E-state index contributed by atoms with van der Waals surface area (Å²) in [6, 6.07) is 1.70. The molecule has 0 radical (unpaired) electrons. The molecule has 0 saturated carbocycles. The quantitative estimate of drug-likeness (QED) is 0.833. The molecule has 0 fully saturated rings. The normalized spacial score (nSPS) is 14.4. The number of aromatic nitrogens is 2. The van der Waals surface area contributed by atoms with Crippen molar-refractivity contribution in [3.63, 3.8) is 0 Å². The molecule has 1 N–H and O–H groups in total. The van der Waals surface area contributed by atoms with Gasteiger partial charge in [0, 0.05) is 25.6 Å². The standard InChI is InChI=1S/C11H17N3O2/c1-8(2)7-12-11(15)9-6-10-14(13-9)4-3-5-16-10/h6,8H,3-5,7H2,1-2H3,(H,12,15). The van der Waals surface area contributed by atoms with Crippen molar-refractivity contribution in [1.82, 2.24) is 15.1 Å². The molecular weight excluding hydrogens is 206 g/mol. The van der Waals surface area contributed by atoms with Gasteiger partial charge < -0.3 is 10.1 Å². The van der Waals surface area contributed by atoms with Gasteiger partial charge in [-0.1, -0.05) is 13.8 Å². The van der Waals surface area contributed by atoms with Crippen molar-refractivity contribution in [2.45, 2.75) is 26.8 Å². The number of aryl methyl sites for hydroxylation is 1. The molecular formula is C11H17N3O2. The Balaban J connectivity index is 2.03. The lowest BCUT2D eigenvalue weighted by Gasteiger charge is -2.13. The molecule has 0 unspecified atom stereocenters. The number of rotatable bonds is 3. The smallest absolute Gasteiger partial charge is 0.271 e. The summed E-state index contributed by atoms with van der Waals surface area (Å²) < 4.78 is 7.14. The van der Waals surface area contributed by atoms with Crippen LogP contribution in [0.1, 0.15) is 30.8 Å². The molecule has 0 saturated heterocycles. The number of nitrogens with one attached hydrogen (secondary N) is 1. The SMILES string of the molecule is CC(C)CNC(=O)c1cc2n(n1)CCCO2. The maximum atomic E-state index is 11.7. The van der Waals surface area contributed by atoms with Crippen LogP contribution in [0, 0.1) is 5.92 Å². The van der Waals surface area contributed by atoms with Gasteiger partial charge in [-0.25, -0.2) is 4.68 Å². The fourth-order valence-electron chi connectivity index (χ4n) is 1.57. The highest BCUT2D eigenvalue weighted by Crippen LogP contribution is 2.18. The average Bonchev–Trinajstić information content (AvgIpc) is 2.69. The third-order valence-electron chi connectivity index (χ3n) is 2.41. The zero-order chi connectivity index (χ0) is 11.5. The van der Waals surface area contributed by atoms with Gasteiger partial charge in [-0.15, -0.1) is 0 Å². The summed E-state index contributed by atoms with van der Waals surface area (Å²) in [6.07, 6.45) is 0.946. The summed E-state index contributed by atoms with van der Waals surface area (Å²) in [4.78, 5) is 11.7. The molecule has 0 atom stereocenters. The predicted molar refractivity (Wildman–Crippen MR) is 59.5 cm³/mol. The van der Waals surface area contributed by atoms with Crippen LogP contribution >= 0.6 is 0 Å². The molecule has 16 heavy (non-hydrogen) atoms. The molecule has 1 aromatic rings. The van der Waals surface area contributed by atoms with Crippen LogP contribution in [0.5, 0.6) is 5.88 Å². The number of hydrogen-bond acceptors (Lipinski definition) is 3. The number of ether oxygens (including phenoxy) is 1. The Labute approximate surface area is 94.8 Å². The summed E-state index contributed by atoms with van der Waals surface area (Å²) in [5.41, 5.74) is 0.442. The molecule has 5 heteroatoms. The lowest BCUT2D eigenvalue weighted by molar-refractivity contribution is 0.0943. The number of carbonyl (C=O) groups excluding carboxylic acids is 1. The van der Waals surface area contributed by atoms with E-state index in [-0.39, 0.29) is 5.91 Å². The van der Waals surface area contributed by atoms with Gasteiger partial charge in [0.25, 0.3) is 5.91 Å². The first-order valence-corrected chi connectivity index (χ1v) is 5.65. The monoisotopic (exact) mass is 223 g/mol. The van der Waals surface area contributed by atoms with Crippen molar-refractivity contribution in [2.75, 3.05) is 13.2 Å². The Bertz CT molecular complexity index is 361. The van der Waals surface area contributed by atoms with Crippen molar-refractivity contribution < 1.29 is 9.53 Å². The van der Waals surface area contributed by atoms with E-state index >= 15 is 0 Å². The van der Waals surface area contributed by atoms with Crippen LogP contribution in [0.25, 0.3) is 0 Å². The van der Waals surface area contributed by atoms with Gasteiger partial charge in [-0.3, -0.25) is 4.79 Å². The maximum absolute atomic E-state index is 11.7. The lowest BCUT2D eigenvalue weighted by Crippen LogP contribution is -2.27. The second-order valence-electron chi connectivity index (χ2n) is 4.40. The van der Waals surface area contributed by atoms with Crippen LogP contribution in [-0.4, -0.2) is 28.8 Å². The minimum Gasteiger partial charge on any atom is -0.478 e. The number of fused-ring (bicyclic) bond motifs is 1. The Kier molecular flexibility index (Phi) is 3.12. The molecule has 0 aliphatic carbocycles. The van der Waals surface area contributed by atoms with Gasteiger partial charge in [0.2, 0.25) is 5.88 Å². The van der Waals surface area contributed by atoms with Gasteiger partial charge in [-0.2, -0.15) is 5.10 Å². The van der Waals surface area contributed by atoms with Gasteiger partial charge in [0.05, 0.1) is 6.61 Å². The van der Waals surface area contributed by atoms with E-state index in [9.17, 15) is 4.79 Å². The largest absolute Gasteiger partial charge is 0.478 e. The van der Waals surface area contributed by atoms with Crippen molar-refractivity contribution in [3.8, 4) is 5.88 Å². The van der Waals surface area contributed by atoms with Gasteiger partial charge in [0.1, 0.15) is 0 Å². The Hall–Kier alpha value is -1.52. The number of amides is 1. The van der Waals surface area contributed by atoms with E-state index in [0.717, 1.165) is 13.0 Å². The van der Waals surface area contributed by atoms with Crippen molar-refractivity contribution in [1.29, 1.82) is 0 Å². The van der Waals surface area contributed by atoms with Crippen molar-refractivity contribution >= 4 is 5.91 Å². The number of hydrogen-bond donors (Lipinski definition) is 1. The fourth-order valence-corrected chi connectivity index (χ4v) is 1.57. The molecule has 0 aromatic carbocycles. The molecule has 1 amide bonds. The number of carbonyl (C=O) groups is 1. The van der Waals surface area contributed by atoms with E-state index in [2.05, 4.69) is 24.3 Å². The maximum Gasteiger partial charge on any atom is 0.271 e. The lowest BCUT2D eigenvalue weighted by atomic mass is 10.2. The molecule has 88 valence electrons. The van der Waals surface area contributed by atoms with E-state index in [4.69, 9.17) is 4.74 Å². The van der Waals surface area contributed by atoms with E-state index in [0.29, 0.717) is 30.6 Å². The van der Waals surface area contributed by atoms with Crippen LogP contribution in [0.4, 0.5) is 0 Å². The second kappa shape index (κ2) is 4.55. The molecule has 5 nitrogen and oxygen atoms in total. The molecule has 2 rings (SSSR count). The molecule has 1 aliphatic heterocycles. The second-order valence-corrected chi connectivity index (χ2v) is 4.40. The minimum atomic E-state index is -0.126. The van der Waals surface area contributed by atoms with Crippen LogP contribution in [0.3, 0.4) is 0 Å². The zero-order valence-electron chi connectivity index (χ0n) is 9.69. The third-order valence-corrected chi connectivity index (χ3v) is 2.41. The zero-order valence-corrected chi connectivity index (χ0v) is 9.69. The molecule has 1 aliphatic rings. The summed E-state index contributed by atoms with van der Waals surface area (Å²) in [5, 5.41) is 7.05. The van der Waals surface area contributed by atoms with Gasteiger partial charge in [-0.05, 0) is 5.92 Å². The van der Waals surface area contributed by atoms with Gasteiger partial charge >= 0.3 is 0 Å². The average molecular weight is 223 g/mol. The summed E-state index contributed by atoms with van der Waals surface area (Å²) in [6.45, 7) is 6.32. The Morgan fingerprint density at radius 2 is 2.50 bits per heavy atom. The first kappa shape index (κ1) is 11.0. The highest BCUT2D eigenvalue weighted by atomic mass is 16.5. The fraction of sp³-hybridized carbons (Fsp3) is 0.636. The third kappa shape index (κ3) is 2.35. The molecule has 0 bridgehead atoms. The van der Waals surface area contributed by atoms with Crippen LogP contribution < -0.4 is 10.1 Å². The summed E-state index contributed by atoms with van der Waals surface area (Å²) in [7, 11) is 0. The summed E-state index contributed by atoms with van der Waals surface area (Å²) >= 11 is 0. The first-order chi connectivity index (χ1) is 7.66. The first-order valence-electron chi connectivity index (χ1n) is 5.65. The van der Waals surface area contributed by atoms with E-state index in [1.807, 2.05) is 0 Å². The summed E-state index contributed by atoms with van der Waals surface area (Å²) in [5.74, 6) is 1.01. The van der Waals surface area contributed by atoms with Crippen LogP contribution in [0.15, 0.2) is 6.07 Å². The van der Waals surface area contributed by atoms with E-state index in [1.54, 1.807) is 10.7 Å². The topological polar surface area (TPSA) is 56.2 Å². The highest BCUT2D eigenvalue weighted by molar-refractivity contribution is 5.92. The minimum absolute atomic E-state index is 0.126. The van der Waals surface area contributed by atoms with Gasteiger partial charge in [0.15, 0.2) is 5.69 Å².